The van der Waals surface area contributed by atoms with E-state index in [-0.39, 0.29) is 0 Å². The van der Waals surface area contributed by atoms with Gasteiger partial charge in [-0.2, -0.15) is 0 Å². The number of hydrogen-bond acceptors (Lipinski definition) is 2. The zero-order valence-corrected chi connectivity index (χ0v) is 12.0. The molecule has 0 fully saturated rings. The van der Waals surface area contributed by atoms with E-state index in [1.54, 1.807) is 43.3 Å². The first-order chi connectivity index (χ1) is 8.91. The van der Waals surface area contributed by atoms with Gasteiger partial charge >= 0.3 is 0 Å². The van der Waals surface area contributed by atoms with Crippen LogP contribution >= 0.6 is 23.2 Å². The normalized spacial score (nSPS) is 15.8. The van der Waals surface area contributed by atoms with Gasteiger partial charge in [-0.15, -0.1) is 0 Å². The van der Waals surface area contributed by atoms with Crippen LogP contribution < -0.4 is 5.73 Å². The number of halogens is 2. The SMILES string of the molecule is C[C@@](N)(c1ccc(Cl)cc1)[C@@H](O)c1cccc(Cl)c1. The summed E-state index contributed by atoms with van der Waals surface area (Å²) in [5.74, 6) is 0. The molecule has 0 heterocycles. The van der Waals surface area contributed by atoms with Crippen LogP contribution in [0.5, 0.6) is 0 Å². The third-order valence-corrected chi connectivity index (χ3v) is 3.69. The first-order valence-electron chi connectivity index (χ1n) is 5.89. The van der Waals surface area contributed by atoms with Crippen molar-refractivity contribution in [2.75, 3.05) is 0 Å². The van der Waals surface area contributed by atoms with Crippen LogP contribution in [0.2, 0.25) is 10.0 Å². The summed E-state index contributed by atoms with van der Waals surface area (Å²) < 4.78 is 0. The number of aliphatic hydroxyl groups excluding tert-OH is 1. The average molecular weight is 296 g/mol. The van der Waals surface area contributed by atoms with E-state index in [4.69, 9.17) is 28.9 Å². The predicted molar refractivity (Wildman–Crippen MR) is 79.4 cm³/mol. The fourth-order valence-corrected chi connectivity index (χ4v) is 2.31. The minimum Gasteiger partial charge on any atom is -0.386 e. The van der Waals surface area contributed by atoms with E-state index >= 15 is 0 Å². The highest BCUT2D eigenvalue weighted by Crippen LogP contribution is 2.33. The summed E-state index contributed by atoms with van der Waals surface area (Å²) in [6.07, 6.45) is -0.854. The van der Waals surface area contributed by atoms with Crippen molar-refractivity contribution >= 4 is 23.2 Å². The second-order valence-electron chi connectivity index (χ2n) is 4.75. The largest absolute Gasteiger partial charge is 0.386 e. The number of benzene rings is 2. The van der Waals surface area contributed by atoms with Gasteiger partial charge in [0.1, 0.15) is 6.10 Å². The first kappa shape index (κ1) is 14.4. The van der Waals surface area contributed by atoms with Crippen molar-refractivity contribution in [2.24, 2.45) is 5.73 Å². The van der Waals surface area contributed by atoms with Gasteiger partial charge in [0, 0.05) is 10.0 Å². The number of aliphatic hydroxyl groups is 1. The molecule has 0 spiro atoms. The molecule has 0 bridgehead atoms. The third-order valence-electron chi connectivity index (χ3n) is 3.20. The Morgan fingerprint density at radius 1 is 1.05 bits per heavy atom. The molecule has 2 nitrogen and oxygen atoms in total. The van der Waals surface area contributed by atoms with Gasteiger partial charge in [0.05, 0.1) is 5.54 Å². The second kappa shape index (κ2) is 5.51. The van der Waals surface area contributed by atoms with Crippen molar-refractivity contribution < 1.29 is 5.11 Å². The summed E-state index contributed by atoms with van der Waals surface area (Å²) in [6, 6.07) is 14.2. The molecule has 100 valence electrons. The van der Waals surface area contributed by atoms with Crippen molar-refractivity contribution in [1.82, 2.24) is 0 Å². The summed E-state index contributed by atoms with van der Waals surface area (Å²) in [7, 11) is 0. The molecular formula is C15H15Cl2NO. The molecule has 19 heavy (non-hydrogen) atoms. The number of hydrogen-bond donors (Lipinski definition) is 2. The topological polar surface area (TPSA) is 46.2 Å². The van der Waals surface area contributed by atoms with E-state index in [1.165, 1.54) is 0 Å². The highest BCUT2D eigenvalue weighted by molar-refractivity contribution is 6.30. The predicted octanol–water partition coefficient (Wildman–Crippen LogP) is 3.90. The van der Waals surface area contributed by atoms with Crippen LogP contribution in [-0.4, -0.2) is 5.11 Å². The Hall–Kier alpha value is -1.06. The Morgan fingerprint density at radius 3 is 2.26 bits per heavy atom. The van der Waals surface area contributed by atoms with Crippen molar-refractivity contribution in [3.63, 3.8) is 0 Å². The summed E-state index contributed by atoms with van der Waals surface area (Å²) >= 11 is 11.8. The van der Waals surface area contributed by atoms with Gasteiger partial charge in [-0.1, -0.05) is 47.5 Å². The van der Waals surface area contributed by atoms with E-state index in [1.807, 2.05) is 12.1 Å². The van der Waals surface area contributed by atoms with E-state index in [0.29, 0.717) is 15.6 Å². The van der Waals surface area contributed by atoms with Gasteiger partial charge in [-0.05, 0) is 42.3 Å². The van der Waals surface area contributed by atoms with Crippen LogP contribution in [0.15, 0.2) is 48.5 Å². The third kappa shape index (κ3) is 3.10. The van der Waals surface area contributed by atoms with Crippen molar-refractivity contribution in [3.8, 4) is 0 Å². The van der Waals surface area contributed by atoms with Crippen molar-refractivity contribution in [3.05, 3.63) is 69.7 Å². The fourth-order valence-electron chi connectivity index (χ4n) is 1.99. The Bertz CT molecular complexity index is 567. The van der Waals surface area contributed by atoms with Gasteiger partial charge < -0.3 is 10.8 Å². The molecule has 0 saturated heterocycles. The Kier molecular flexibility index (Phi) is 4.16. The molecule has 0 saturated carbocycles. The van der Waals surface area contributed by atoms with E-state index in [2.05, 4.69) is 0 Å². The lowest BCUT2D eigenvalue weighted by atomic mass is 9.84. The maximum atomic E-state index is 10.5. The van der Waals surface area contributed by atoms with Crippen LogP contribution in [0.25, 0.3) is 0 Å². The summed E-state index contributed by atoms with van der Waals surface area (Å²) in [6.45, 7) is 1.78. The van der Waals surface area contributed by atoms with E-state index < -0.39 is 11.6 Å². The standard InChI is InChI=1S/C15H15Cl2NO/c1-15(18,11-5-7-12(16)8-6-11)14(19)10-3-2-4-13(17)9-10/h2-9,14,19H,18H2,1H3/t14-,15+/m0/s1. The maximum absolute atomic E-state index is 10.5. The van der Waals surface area contributed by atoms with Crippen LogP contribution in [0.3, 0.4) is 0 Å². The molecule has 0 aliphatic heterocycles. The summed E-state index contributed by atoms with van der Waals surface area (Å²) in [5.41, 5.74) is 6.85. The molecule has 0 aromatic heterocycles. The van der Waals surface area contributed by atoms with Crippen molar-refractivity contribution in [2.45, 2.75) is 18.6 Å². The zero-order valence-electron chi connectivity index (χ0n) is 10.5. The molecule has 0 unspecified atom stereocenters. The van der Waals surface area contributed by atoms with Gasteiger partial charge in [0.2, 0.25) is 0 Å². The van der Waals surface area contributed by atoms with Crippen LogP contribution in [-0.2, 0) is 5.54 Å². The molecular weight excluding hydrogens is 281 g/mol. The molecule has 4 heteroatoms. The molecule has 0 aliphatic rings. The lowest BCUT2D eigenvalue weighted by molar-refractivity contribution is 0.0932. The summed E-state index contributed by atoms with van der Waals surface area (Å²) in [5, 5.41) is 11.7. The average Bonchev–Trinajstić information content (AvgIpc) is 2.38. The lowest BCUT2D eigenvalue weighted by Crippen LogP contribution is -2.39. The number of rotatable bonds is 3. The van der Waals surface area contributed by atoms with Gasteiger partial charge in [-0.25, -0.2) is 0 Å². The molecule has 3 N–H and O–H groups in total. The minimum atomic E-state index is -0.921. The van der Waals surface area contributed by atoms with E-state index in [9.17, 15) is 5.11 Å². The van der Waals surface area contributed by atoms with Gasteiger partial charge in [0.15, 0.2) is 0 Å². The maximum Gasteiger partial charge on any atom is 0.101 e. The van der Waals surface area contributed by atoms with Crippen LogP contribution in [0.1, 0.15) is 24.2 Å². The molecule has 2 atom stereocenters. The number of nitrogens with two attached hydrogens (primary N) is 1. The minimum absolute atomic E-state index is 0.573. The van der Waals surface area contributed by atoms with Gasteiger partial charge in [0.25, 0.3) is 0 Å². The molecule has 0 amide bonds. The molecule has 2 rings (SSSR count). The summed E-state index contributed by atoms with van der Waals surface area (Å²) in [4.78, 5) is 0. The van der Waals surface area contributed by atoms with Crippen LogP contribution in [0.4, 0.5) is 0 Å². The van der Waals surface area contributed by atoms with Crippen molar-refractivity contribution in [1.29, 1.82) is 0 Å². The Balaban J connectivity index is 2.35. The molecule has 0 aliphatic carbocycles. The lowest BCUT2D eigenvalue weighted by Gasteiger charge is -2.31. The Morgan fingerprint density at radius 2 is 1.68 bits per heavy atom. The highest BCUT2D eigenvalue weighted by Gasteiger charge is 2.31. The fraction of sp³-hybridized carbons (Fsp3) is 0.200. The zero-order chi connectivity index (χ0) is 14.0. The van der Waals surface area contributed by atoms with Crippen LogP contribution in [0, 0.1) is 0 Å². The monoisotopic (exact) mass is 295 g/mol. The Labute approximate surface area is 122 Å². The van der Waals surface area contributed by atoms with E-state index in [0.717, 1.165) is 5.56 Å². The smallest absolute Gasteiger partial charge is 0.101 e. The highest BCUT2D eigenvalue weighted by atomic mass is 35.5. The van der Waals surface area contributed by atoms with Gasteiger partial charge in [-0.3, -0.25) is 0 Å². The molecule has 2 aromatic carbocycles. The first-order valence-corrected chi connectivity index (χ1v) is 6.65. The molecule has 0 radical (unpaired) electrons. The quantitative estimate of drug-likeness (QED) is 0.902. The molecule has 2 aromatic rings. The second-order valence-corrected chi connectivity index (χ2v) is 5.62.